The van der Waals surface area contributed by atoms with Crippen LogP contribution in [0.2, 0.25) is 0 Å². The number of nitrogens with one attached hydrogen (secondary N) is 1. The lowest BCUT2D eigenvalue weighted by Gasteiger charge is -2.32. The summed E-state index contributed by atoms with van der Waals surface area (Å²) in [5.41, 5.74) is 0.712. The van der Waals surface area contributed by atoms with Gasteiger partial charge in [0, 0.05) is 42.3 Å². The highest BCUT2D eigenvalue weighted by atomic mass is 79.9. The van der Waals surface area contributed by atoms with Crippen molar-refractivity contribution in [3.8, 4) is 5.75 Å². The van der Waals surface area contributed by atoms with Crippen molar-refractivity contribution < 1.29 is 18.3 Å². The van der Waals surface area contributed by atoms with Gasteiger partial charge in [0.05, 0.1) is 13.2 Å². The molecule has 22 heavy (non-hydrogen) atoms. The number of morpholine rings is 1. The first-order chi connectivity index (χ1) is 10.6. The Kier molecular flexibility index (Phi) is 7.01. The SMILES string of the molecule is CC(CNCc1cc(Br)ccc1OC(F)F)N1CCOCC1. The molecule has 1 aliphatic rings. The summed E-state index contributed by atoms with van der Waals surface area (Å²) in [7, 11) is 0. The van der Waals surface area contributed by atoms with E-state index >= 15 is 0 Å². The van der Waals surface area contributed by atoms with E-state index in [-0.39, 0.29) is 5.75 Å². The number of benzene rings is 1. The summed E-state index contributed by atoms with van der Waals surface area (Å²) < 4.78 is 35.6. The molecule has 1 aromatic rings. The van der Waals surface area contributed by atoms with E-state index in [1.807, 2.05) is 0 Å². The van der Waals surface area contributed by atoms with Crippen molar-refractivity contribution in [2.75, 3.05) is 32.8 Å². The lowest BCUT2D eigenvalue weighted by molar-refractivity contribution is -0.0505. The van der Waals surface area contributed by atoms with Crippen LogP contribution in [0.3, 0.4) is 0 Å². The summed E-state index contributed by atoms with van der Waals surface area (Å²) in [5.74, 6) is 0.213. The molecule has 0 spiro atoms. The molecule has 0 bridgehead atoms. The van der Waals surface area contributed by atoms with E-state index in [2.05, 4.69) is 37.8 Å². The van der Waals surface area contributed by atoms with E-state index in [4.69, 9.17) is 4.74 Å². The van der Waals surface area contributed by atoms with E-state index in [0.29, 0.717) is 18.2 Å². The summed E-state index contributed by atoms with van der Waals surface area (Å²) >= 11 is 3.35. The van der Waals surface area contributed by atoms with Gasteiger partial charge < -0.3 is 14.8 Å². The Hall–Kier alpha value is -0.760. The monoisotopic (exact) mass is 378 g/mol. The molecule has 0 aliphatic carbocycles. The molecule has 1 saturated heterocycles. The van der Waals surface area contributed by atoms with Crippen LogP contribution in [0.15, 0.2) is 22.7 Å². The second kappa shape index (κ2) is 8.76. The van der Waals surface area contributed by atoms with Crippen LogP contribution in [-0.4, -0.2) is 50.4 Å². The number of nitrogens with zero attached hydrogens (tertiary/aromatic N) is 1. The van der Waals surface area contributed by atoms with Crippen LogP contribution in [0, 0.1) is 0 Å². The van der Waals surface area contributed by atoms with Gasteiger partial charge in [-0.15, -0.1) is 0 Å². The normalized spacial score (nSPS) is 17.7. The highest BCUT2D eigenvalue weighted by Gasteiger charge is 2.17. The molecular formula is C15H21BrF2N2O2. The van der Waals surface area contributed by atoms with Gasteiger partial charge in [0.2, 0.25) is 0 Å². The molecule has 0 radical (unpaired) electrons. The van der Waals surface area contributed by atoms with E-state index in [9.17, 15) is 8.78 Å². The average molecular weight is 379 g/mol. The van der Waals surface area contributed by atoms with E-state index in [1.165, 1.54) is 0 Å². The third kappa shape index (κ3) is 5.46. The molecule has 1 atom stereocenters. The van der Waals surface area contributed by atoms with Crippen molar-refractivity contribution >= 4 is 15.9 Å². The lowest BCUT2D eigenvalue weighted by Crippen LogP contribution is -2.46. The Morgan fingerprint density at radius 1 is 1.36 bits per heavy atom. The van der Waals surface area contributed by atoms with Crippen LogP contribution in [0.1, 0.15) is 12.5 Å². The fourth-order valence-electron chi connectivity index (χ4n) is 2.46. The lowest BCUT2D eigenvalue weighted by atomic mass is 10.2. The van der Waals surface area contributed by atoms with E-state index in [0.717, 1.165) is 37.3 Å². The van der Waals surface area contributed by atoms with E-state index < -0.39 is 6.61 Å². The van der Waals surface area contributed by atoms with Crippen molar-refractivity contribution in [2.24, 2.45) is 0 Å². The van der Waals surface area contributed by atoms with Crippen LogP contribution in [0.5, 0.6) is 5.75 Å². The molecule has 1 aliphatic heterocycles. The van der Waals surface area contributed by atoms with Crippen LogP contribution >= 0.6 is 15.9 Å². The van der Waals surface area contributed by atoms with Crippen molar-refractivity contribution in [2.45, 2.75) is 26.1 Å². The van der Waals surface area contributed by atoms with Gasteiger partial charge in [-0.25, -0.2) is 0 Å². The quantitative estimate of drug-likeness (QED) is 0.790. The van der Waals surface area contributed by atoms with Crippen LogP contribution < -0.4 is 10.1 Å². The highest BCUT2D eigenvalue weighted by molar-refractivity contribution is 9.10. The van der Waals surface area contributed by atoms with Gasteiger partial charge in [0.1, 0.15) is 5.75 Å². The van der Waals surface area contributed by atoms with E-state index in [1.54, 1.807) is 18.2 Å². The smallest absolute Gasteiger partial charge is 0.387 e. The summed E-state index contributed by atoms with van der Waals surface area (Å²) in [6.45, 7) is 3.99. The molecule has 1 aromatic carbocycles. The maximum Gasteiger partial charge on any atom is 0.387 e. The Labute approximate surface area is 137 Å². The summed E-state index contributed by atoms with van der Waals surface area (Å²) in [6.07, 6.45) is 0. The molecule has 1 unspecified atom stereocenters. The first kappa shape index (κ1) is 17.6. The first-order valence-electron chi connectivity index (χ1n) is 7.32. The molecule has 1 N–H and O–H groups in total. The molecule has 2 rings (SSSR count). The molecule has 4 nitrogen and oxygen atoms in total. The molecule has 0 amide bonds. The van der Waals surface area contributed by atoms with Gasteiger partial charge >= 0.3 is 6.61 Å². The second-order valence-corrected chi connectivity index (χ2v) is 6.17. The fraction of sp³-hybridized carbons (Fsp3) is 0.600. The highest BCUT2D eigenvalue weighted by Crippen LogP contribution is 2.24. The fourth-order valence-corrected chi connectivity index (χ4v) is 2.87. The minimum absolute atomic E-state index is 0.213. The molecule has 1 fully saturated rings. The Bertz CT molecular complexity index is 471. The Balaban J connectivity index is 1.86. The number of halogens is 3. The average Bonchev–Trinajstić information content (AvgIpc) is 2.50. The van der Waals surface area contributed by atoms with Crippen molar-refractivity contribution in [1.82, 2.24) is 10.2 Å². The topological polar surface area (TPSA) is 33.7 Å². The van der Waals surface area contributed by atoms with Gasteiger partial charge in [0.15, 0.2) is 0 Å². The van der Waals surface area contributed by atoms with Gasteiger partial charge in [-0.3, -0.25) is 4.90 Å². The minimum atomic E-state index is -2.81. The number of ether oxygens (including phenoxy) is 2. The summed E-state index contributed by atoms with van der Waals surface area (Å²) in [6, 6.07) is 5.41. The largest absolute Gasteiger partial charge is 0.434 e. The van der Waals surface area contributed by atoms with Gasteiger partial charge in [-0.05, 0) is 25.1 Å². The van der Waals surface area contributed by atoms with Crippen molar-refractivity contribution in [3.63, 3.8) is 0 Å². The number of alkyl halides is 2. The standard InChI is InChI=1S/C15H21BrF2N2O2/c1-11(20-4-6-21-7-5-20)9-19-10-12-8-13(16)2-3-14(12)22-15(17)18/h2-3,8,11,15,19H,4-7,9-10H2,1H3. The first-order valence-corrected chi connectivity index (χ1v) is 8.11. The predicted molar refractivity (Wildman–Crippen MR) is 84.3 cm³/mol. The zero-order chi connectivity index (χ0) is 15.9. The number of hydrogen-bond donors (Lipinski definition) is 1. The minimum Gasteiger partial charge on any atom is -0.434 e. The number of rotatable bonds is 7. The van der Waals surface area contributed by atoms with Crippen LogP contribution in [-0.2, 0) is 11.3 Å². The van der Waals surface area contributed by atoms with Gasteiger partial charge in [0.25, 0.3) is 0 Å². The Morgan fingerprint density at radius 2 is 2.09 bits per heavy atom. The van der Waals surface area contributed by atoms with Crippen molar-refractivity contribution in [1.29, 1.82) is 0 Å². The molecule has 124 valence electrons. The zero-order valence-corrected chi connectivity index (χ0v) is 14.1. The maximum absolute atomic E-state index is 12.4. The third-order valence-corrected chi connectivity index (χ3v) is 4.16. The van der Waals surface area contributed by atoms with Gasteiger partial charge in [-0.2, -0.15) is 8.78 Å². The molecule has 7 heteroatoms. The molecular weight excluding hydrogens is 358 g/mol. The zero-order valence-electron chi connectivity index (χ0n) is 12.5. The van der Waals surface area contributed by atoms with Crippen LogP contribution in [0.4, 0.5) is 8.78 Å². The van der Waals surface area contributed by atoms with Crippen molar-refractivity contribution in [3.05, 3.63) is 28.2 Å². The molecule has 0 aromatic heterocycles. The second-order valence-electron chi connectivity index (χ2n) is 5.26. The molecule has 1 heterocycles. The van der Waals surface area contributed by atoms with Gasteiger partial charge in [-0.1, -0.05) is 15.9 Å². The summed E-state index contributed by atoms with van der Waals surface area (Å²) in [5, 5.41) is 3.31. The summed E-state index contributed by atoms with van der Waals surface area (Å²) in [4.78, 5) is 2.36. The number of hydrogen-bond acceptors (Lipinski definition) is 4. The predicted octanol–water partition coefficient (Wildman–Crippen LogP) is 2.86. The Morgan fingerprint density at radius 3 is 2.77 bits per heavy atom. The molecule has 0 saturated carbocycles. The third-order valence-electron chi connectivity index (χ3n) is 3.66. The maximum atomic E-state index is 12.4. The van der Waals surface area contributed by atoms with Crippen LogP contribution in [0.25, 0.3) is 0 Å².